The molecule has 1 saturated carbocycles. The quantitative estimate of drug-likeness (QED) is 0.497. The number of ketones is 1. The Morgan fingerprint density at radius 1 is 1.15 bits per heavy atom. The third-order valence-electron chi connectivity index (χ3n) is 3.59. The van der Waals surface area contributed by atoms with Gasteiger partial charge in [0.15, 0.2) is 18.8 Å². The molecule has 1 aliphatic heterocycles. The molecule has 1 aliphatic carbocycles. The van der Waals surface area contributed by atoms with Crippen LogP contribution < -0.4 is 16.0 Å². The van der Waals surface area contributed by atoms with Crippen molar-refractivity contribution in [2.45, 2.75) is 18.9 Å². The topological polar surface area (TPSA) is 123 Å². The van der Waals surface area contributed by atoms with Gasteiger partial charge < -0.3 is 20.1 Å². The Labute approximate surface area is 148 Å². The highest BCUT2D eigenvalue weighted by Gasteiger charge is 2.33. The van der Waals surface area contributed by atoms with Crippen LogP contribution in [0.1, 0.15) is 12.8 Å². The van der Waals surface area contributed by atoms with Crippen LogP contribution in [0.25, 0.3) is 0 Å². The van der Waals surface area contributed by atoms with Crippen LogP contribution in [0.15, 0.2) is 41.8 Å². The van der Waals surface area contributed by atoms with E-state index in [9.17, 15) is 19.2 Å². The molecule has 9 heteroatoms. The van der Waals surface area contributed by atoms with Crippen LogP contribution in [0.5, 0.6) is 0 Å². The molecule has 1 aromatic rings. The number of imide groups is 1. The Kier molecular flexibility index (Phi) is 5.16. The predicted molar refractivity (Wildman–Crippen MR) is 88.7 cm³/mol. The highest BCUT2D eigenvalue weighted by Crippen LogP contribution is 2.20. The second-order valence-electron chi connectivity index (χ2n) is 5.78. The molecule has 1 heterocycles. The molecule has 3 amide bonds. The number of urea groups is 1. The zero-order chi connectivity index (χ0) is 18.5. The van der Waals surface area contributed by atoms with Gasteiger partial charge in [0.25, 0.3) is 5.91 Å². The molecule has 0 aromatic heterocycles. The number of carbonyl (C=O) groups is 4. The van der Waals surface area contributed by atoms with E-state index in [1.165, 1.54) is 0 Å². The average molecular weight is 359 g/mol. The molecule has 1 fully saturated rings. The second kappa shape index (κ2) is 7.68. The highest BCUT2D eigenvalue weighted by atomic mass is 16.5. The van der Waals surface area contributed by atoms with Gasteiger partial charge in [-0.25, -0.2) is 9.59 Å². The second-order valence-corrected chi connectivity index (χ2v) is 5.78. The number of rotatable bonds is 6. The summed E-state index contributed by atoms with van der Waals surface area (Å²) in [5, 5.41) is 7.43. The van der Waals surface area contributed by atoms with E-state index < -0.39 is 30.3 Å². The first kappa shape index (κ1) is 17.5. The standard InChI is InChI=1S/C17H17N3O6/c21-12-8-25-15(18-10-4-2-1-3-5-10)14(12)16(23)26-9-13(22)20-17(24)19-11-6-7-11/h1-5,11,18H,6-9H2,(H2,19,20,22,24). The van der Waals surface area contributed by atoms with Crippen molar-refractivity contribution < 1.29 is 28.7 Å². The van der Waals surface area contributed by atoms with Crippen LogP contribution in [0, 0.1) is 0 Å². The Hall–Kier alpha value is -3.36. The molecule has 136 valence electrons. The van der Waals surface area contributed by atoms with Gasteiger partial charge in [0.1, 0.15) is 0 Å². The van der Waals surface area contributed by atoms with E-state index in [-0.39, 0.29) is 24.1 Å². The Morgan fingerprint density at radius 3 is 2.58 bits per heavy atom. The van der Waals surface area contributed by atoms with E-state index in [1.54, 1.807) is 24.3 Å². The Bertz CT molecular complexity index is 770. The van der Waals surface area contributed by atoms with Crippen LogP contribution in [0.4, 0.5) is 10.5 Å². The minimum absolute atomic E-state index is 0.0296. The number of para-hydroxylation sites is 1. The lowest BCUT2D eigenvalue weighted by molar-refractivity contribution is -0.145. The van der Waals surface area contributed by atoms with Crippen molar-refractivity contribution in [2.75, 3.05) is 18.5 Å². The molecule has 0 atom stereocenters. The van der Waals surface area contributed by atoms with Gasteiger partial charge >= 0.3 is 12.0 Å². The van der Waals surface area contributed by atoms with Gasteiger partial charge in [0.2, 0.25) is 11.7 Å². The number of carbonyl (C=O) groups excluding carboxylic acids is 4. The maximum atomic E-state index is 12.1. The van der Waals surface area contributed by atoms with E-state index in [0.717, 1.165) is 12.8 Å². The first-order valence-corrected chi connectivity index (χ1v) is 8.03. The molecule has 0 unspecified atom stereocenters. The molecular formula is C17H17N3O6. The molecule has 0 bridgehead atoms. The molecule has 0 radical (unpaired) electrons. The van der Waals surface area contributed by atoms with Crippen molar-refractivity contribution in [3.63, 3.8) is 0 Å². The molecule has 1 aromatic carbocycles. The minimum atomic E-state index is -0.997. The number of hydrogen-bond donors (Lipinski definition) is 3. The third kappa shape index (κ3) is 4.59. The van der Waals surface area contributed by atoms with Crippen molar-refractivity contribution in [2.24, 2.45) is 0 Å². The fourth-order valence-electron chi connectivity index (χ4n) is 2.18. The van der Waals surface area contributed by atoms with Crippen LogP contribution in [-0.4, -0.2) is 42.9 Å². The van der Waals surface area contributed by atoms with Crippen molar-refractivity contribution in [1.29, 1.82) is 0 Å². The molecule has 0 spiro atoms. The molecule has 3 rings (SSSR count). The lowest BCUT2D eigenvalue weighted by Crippen LogP contribution is -2.42. The summed E-state index contributed by atoms with van der Waals surface area (Å²) in [6, 6.07) is 8.27. The minimum Gasteiger partial charge on any atom is -0.470 e. The summed E-state index contributed by atoms with van der Waals surface area (Å²) in [5.74, 6) is -2.37. The lowest BCUT2D eigenvalue weighted by Gasteiger charge is -2.09. The number of esters is 1. The van der Waals surface area contributed by atoms with Crippen LogP contribution >= 0.6 is 0 Å². The SMILES string of the molecule is O=C(COC(=O)C1=C(Nc2ccccc2)OCC1=O)NC(=O)NC1CC1. The monoisotopic (exact) mass is 359 g/mol. The molecular weight excluding hydrogens is 342 g/mol. The fraction of sp³-hybridized carbons (Fsp3) is 0.294. The van der Waals surface area contributed by atoms with Gasteiger partial charge in [-0.1, -0.05) is 18.2 Å². The van der Waals surface area contributed by atoms with Crippen molar-refractivity contribution >= 4 is 29.4 Å². The number of Topliss-reactive ketones (excluding diaryl/α,β-unsaturated/α-hetero) is 1. The molecule has 9 nitrogen and oxygen atoms in total. The van der Waals surface area contributed by atoms with E-state index in [0.29, 0.717) is 5.69 Å². The summed E-state index contributed by atoms with van der Waals surface area (Å²) in [5.41, 5.74) is 0.320. The largest absolute Gasteiger partial charge is 0.470 e. The third-order valence-corrected chi connectivity index (χ3v) is 3.59. The van der Waals surface area contributed by atoms with Crippen LogP contribution in [0.3, 0.4) is 0 Å². The zero-order valence-electron chi connectivity index (χ0n) is 13.7. The summed E-state index contributed by atoms with van der Waals surface area (Å²) >= 11 is 0. The molecule has 3 N–H and O–H groups in total. The predicted octanol–water partition coefficient (Wildman–Crippen LogP) is 0.441. The van der Waals surface area contributed by atoms with Crippen LogP contribution in [0.2, 0.25) is 0 Å². The summed E-state index contributed by atoms with van der Waals surface area (Å²) in [6.45, 7) is -0.984. The number of hydrogen-bond acceptors (Lipinski definition) is 7. The maximum Gasteiger partial charge on any atom is 0.347 e. The lowest BCUT2D eigenvalue weighted by atomic mass is 10.2. The Morgan fingerprint density at radius 2 is 1.88 bits per heavy atom. The highest BCUT2D eigenvalue weighted by molar-refractivity contribution is 6.20. The van der Waals surface area contributed by atoms with Crippen molar-refractivity contribution in [3.8, 4) is 0 Å². The fourth-order valence-corrected chi connectivity index (χ4v) is 2.18. The summed E-state index contributed by atoms with van der Waals surface area (Å²) in [4.78, 5) is 47.1. The van der Waals surface area contributed by atoms with Gasteiger partial charge in [-0.3, -0.25) is 14.9 Å². The van der Waals surface area contributed by atoms with Crippen molar-refractivity contribution in [3.05, 3.63) is 41.8 Å². The van der Waals surface area contributed by atoms with E-state index in [4.69, 9.17) is 9.47 Å². The summed E-state index contributed by atoms with van der Waals surface area (Å²) in [7, 11) is 0. The van der Waals surface area contributed by atoms with Crippen LogP contribution in [-0.2, 0) is 23.9 Å². The van der Waals surface area contributed by atoms with Gasteiger partial charge in [-0.15, -0.1) is 0 Å². The van der Waals surface area contributed by atoms with Crippen molar-refractivity contribution in [1.82, 2.24) is 10.6 Å². The van der Waals surface area contributed by atoms with E-state index in [2.05, 4.69) is 10.6 Å². The van der Waals surface area contributed by atoms with Gasteiger partial charge in [-0.05, 0) is 25.0 Å². The first-order valence-electron chi connectivity index (χ1n) is 8.03. The number of benzene rings is 1. The average Bonchev–Trinajstić information content (AvgIpc) is 3.35. The van der Waals surface area contributed by atoms with Gasteiger partial charge in [0.05, 0.1) is 0 Å². The van der Waals surface area contributed by atoms with E-state index >= 15 is 0 Å². The Balaban J connectivity index is 1.55. The number of anilines is 1. The summed E-state index contributed by atoms with van der Waals surface area (Å²) in [6.07, 6.45) is 1.76. The molecule has 2 aliphatic rings. The summed E-state index contributed by atoms with van der Waals surface area (Å²) < 4.78 is 10.00. The van der Waals surface area contributed by atoms with Gasteiger partial charge in [0, 0.05) is 11.7 Å². The smallest absolute Gasteiger partial charge is 0.347 e. The first-order chi connectivity index (χ1) is 12.5. The normalized spacial score (nSPS) is 15.9. The molecule has 26 heavy (non-hydrogen) atoms. The zero-order valence-corrected chi connectivity index (χ0v) is 13.7. The van der Waals surface area contributed by atoms with Gasteiger partial charge in [-0.2, -0.15) is 0 Å². The number of amides is 3. The molecule has 0 saturated heterocycles. The maximum absolute atomic E-state index is 12.1. The number of nitrogens with one attached hydrogen (secondary N) is 3. The number of ether oxygens (including phenoxy) is 2. The van der Waals surface area contributed by atoms with E-state index in [1.807, 2.05) is 11.4 Å².